The Balaban J connectivity index is 1.81. The summed E-state index contributed by atoms with van der Waals surface area (Å²) in [6.07, 6.45) is 14.9. The molecule has 0 bridgehead atoms. The Labute approximate surface area is 269 Å². The van der Waals surface area contributed by atoms with Crippen molar-refractivity contribution in [3.05, 3.63) is 59.7 Å². The minimum atomic E-state index is -0.0285. The van der Waals surface area contributed by atoms with E-state index < -0.39 is 0 Å². The molecule has 0 spiro atoms. The first-order valence-electron chi connectivity index (χ1n) is 17.7. The summed E-state index contributed by atoms with van der Waals surface area (Å²) in [6, 6.07) is 15.5. The third kappa shape index (κ3) is 15.3. The maximum atomic E-state index is 12.8. The van der Waals surface area contributed by atoms with Crippen LogP contribution in [0.4, 0.5) is 0 Å². The van der Waals surface area contributed by atoms with E-state index in [9.17, 15) is 9.59 Å². The molecule has 246 valence electrons. The molecule has 0 aliphatic carbocycles. The van der Waals surface area contributed by atoms with E-state index in [0.29, 0.717) is 24.2 Å². The van der Waals surface area contributed by atoms with Gasteiger partial charge in [-0.05, 0) is 87.3 Å². The van der Waals surface area contributed by atoms with Gasteiger partial charge in [-0.25, -0.2) is 0 Å². The van der Waals surface area contributed by atoms with Crippen LogP contribution in [0, 0.1) is 0 Å². The van der Waals surface area contributed by atoms with Gasteiger partial charge in [-0.2, -0.15) is 0 Å². The first kappa shape index (κ1) is 37.5. The summed E-state index contributed by atoms with van der Waals surface area (Å²) in [6.45, 7) is 16.5. The van der Waals surface area contributed by atoms with E-state index in [1.54, 1.807) is 0 Å². The number of nitrogens with zero attached hydrogens (tertiary/aromatic N) is 2. The maximum absolute atomic E-state index is 12.8. The quantitative estimate of drug-likeness (QED) is 0.112. The Morgan fingerprint density at radius 3 is 1.14 bits per heavy atom. The number of benzene rings is 2. The summed E-state index contributed by atoms with van der Waals surface area (Å²) >= 11 is 0. The summed E-state index contributed by atoms with van der Waals surface area (Å²) < 4.78 is 0. The molecule has 2 aromatic rings. The molecule has 0 radical (unpaired) electrons. The van der Waals surface area contributed by atoms with Gasteiger partial charge in [0.15, 0.2) is 0 Å². The van der Waals surface area contributed by atoms with Crippen LogP contribution in [0.25, 0.3) is 11.1 Å². The molecule has 0 atom stereocenters. The van der Waals surface area contributed by atoms with E-state index in [2.05, 4.69) is 48.1 Å². The van der Waals surface area contributed by atoms with Crippen molar-refractivity contribution in [1.82, 2.24) is 20.4 Å². The summed E-state index contributed by atoms with van der Waals surface area (Å²) in [4.78, 5) is 30.6. The minimum Gasteiger partial charge on any atom is -0.351 e. The number of carbonyl (C=O) groups is 2. The molecule has 44 heavy (non-hydrogen) atoms. The van der Waals surface area contributed by atoms with Gasteiger partial charge in [0.2, 0.25) is 0 Å². The second kappa shape index (κ2) is 23.7. The lowest BCUT2D eigenvalue weighted by Crippen LogP contribution is -2.36. The largest absolute Gasteiger partial charge is 0.351 e. The zero-order valence-electron chi connectivity index (χ0n) is 28.5. The second-order valence-corrected chi connectivity index (χ2v) is 12.2. The zero-order valence-corrected chi connectivity index (χ0v) is 28.5. The average Bonchev–Trinajstić information content (AvgIpc) is 3.05. The lowest BCUT2D eigenvalue weighted by atomic mass is 10.0. The van der Waals surface area contributed by atoms with E-state index in [1.165, 1.54) is 77.0 Å². The molecule has 2 aromatic carbocycles. The number of rotatable bonds is 25. The van der Waals surface area contributed by atoms with Crippen molar-refractivity contribution in [3.63, 3.8) is 0 Å². The number of amides is 2. The molecule has 0 aliphatic rings. The molecular weight excluding hydrogens is 544 g/mol. The summed E-state index contributed by atoms with van der Waals surface area (Å²) in [5.74, 6) is -0.0570. The van der Waals surface area contributed by atoms with Crippen LogP contribution in [-0.2, 0) is 0 Å². The fourth-order valence-electron chi connectivity index (χ4n) is 5.45. The van der Waals surface area contributed by atoms with Crippen molar-refractivity contribution < 1.29 is 9.59 Å². The SMILES string of the molecule is CCCCCCN(CCCC)CCNC(=O)c1ccc(-c2ccc(C(=O)NCCN(CCCC)CCCCCC)cc2)cc1. The molecule has 2 amide bonds. The zero-order chi connectivity index (χ0) is 31.8. The van der Waals surface area contributed by atoms with Crippen molar-refractivity contribution in [2.45, 2.75) is 105 Å². The molecule has 0 aliphatic heterocycles. The molecule has 6 nitrogen and oxygen atoms in total. The van der Waals surface area contributed by atoms with Gasteiger partial charge in [-0.3, -0.25) is 9.59 Å². The number of unbranched alkanes of at least 4 members (excludes halogenated alkanes) is 8. The first-order chi connectivity index (χ1) is 21.5. The van der Waals surface area contributed by atoms with Gasteiger partial charge in [0, 0.05) is 37.3 Å². The van der Waals surface area contributed by atoms with Crippen LogP contribution in [0.3, 0.4) is 0 Å². The molecule has 0 fully saturated rings. The van der Waals surface area contributed by atoms with Crippen molar-refractivity contribution in [1.29, 1.82) is 0 Å². The van der Waals surface area contributed by atoms with E-state index >= 15 is 0 Å². The van der Waals surface area contributed by atoms with Crippen molar-refractivity contribution in [3.8, 4) is 11.1 Å². The molecule has 0 saturated carbocycles. The van der Waals surface area contributed by atoms with Crippen LogP contribution >= 0.6 is 0 Å². The predicted octanol–water partition coefficient (Wildman–Crippen LogP) is 8.18. The van der Waals surface area contributed by atoms with E-state index in [-0.39, 0.29) is 11.8 Å². The smallest absolute Gasteiger partial charge is 0.251 e. The number of hydrogen-bond acceptors (Lipinski definition) is 4. The highest BCUT2D eigenvalue weighted by Gasteiger charge is 2.11. The Bertz CT molecular complexity index is 939. The molecule has 0 aromatic heterocycles. The van der Waals surface area contributed by atoms with Gasteiger partial charge >= 0.3 is 0 Å². The fraction of sp³-hybridized carbons (Fsp3) is 0.632. The molecule has 0 unspecified atom stereocenters. The Morgan fingerprint density at radius 1 is 0.455 bits per heavy atom. The van der Waals surface area contributed by atoms with Crippen LogP contribution < -0.4 is 10.6 Å². The average molecular weight is 607 g/mol. The van der Waals surface area contributed by atoms with Crippen LogP contribution in [0.2, 0.25) is 0 Å². The molecule has 2 rings (SSSR count). The van der Waals surface area contributed by atoms with Crippen molar-refractivity contribution in [2.75, 3.05) is 52.4 Å². The Morgan fingerprint density at radius 2 is 0.795 bits per heavy atom. The van der Waals surface area contributed by atoms with Gasteiger partial charge < -0.3 is 20.4 Å². The Hall–Kier alpha value is -2.70. The highest BCUT2D eigenvalue weighted by atomic mass is 16.2. The topological polar surface area (TPSA) is 64.7 Å². The fourth-order valence-corrected chi connectivity index (χ4v) is 5.45. The number of hydrogen-bond donors (Lipinski definition) is 2. The summed E-state index contributed by atoms with van der Waals surface area (Å²) in [7, 11) is 0. The first-order valence-corrected chi connectivity index (χ1v) is 17.7. The molecule has 0 saturated heterocycles. The van der Waals surface area contributed by atoms with Crippen molar-refractivity contribution >= 4 is 11.8 Å². The van der Waals surface area contributed by atoms with Gasteiger partial charge in [0.25, 0.3) is 11.8 Å². The van der Waals surface area contributed by atoms with Gasteiger partial charge in [0.05, 0.1) is 0 Å². The van der Waals surface area contributed by atoms with Crippen molar-refractivity contribution in [2.24, 2.45) is 0 Å². The molecule has 0 heterocycles. The maximum Gasteiger partial charge on any atom is 0.251 e. The minimum absolute atomic E-state index is 0.0285. The van der Waals surface area contributed by atoms with Gasteiger partial charge in [0.1, 0.15) is 0 Å². The van der Waals surface area contributed by atoms with Crippen LogP contribution in [0.1, 0.15) is 125 Å². The number of nitrogens with one attached hydrogen (secondary N) is 2. The number of carbonyl (C=O) groups excluding carboxylic acids is 2. The van der Waals surface area contributed by atoms with E-state index in [4.69, 9.17) is 0 Å². The highest BCUT2D eigenvalue weighted by Crippen LogP contribution is 2.20. The normalized spacial score (nSPS) is 11.3. The molecular formula is C38H62N4O2. The Kier molecular flexibility index (Phi) is 20.2. The van der Waals surface area contributed by atoms with E-state index in [0.717, 1.165) is 50.4 Å². The van der Waals surface area contributed by atoms with E-state index in [1.807, 2.05) is 48.5 Å². The third-order valence-electron chi connectivity index (χ3n) is 8.37. The highest BCUT2D eigenvalue weighted by molar-refractivity contribution is 5.95. The predicted molar refractivity (Wildman–Crippen MR) is 188 cm³/mol. The lowest BCUT2D eigenvalue weighted by molar-refractivity contribution is 0.0939. The molecule has 2 N–H and O–H groups in total. The molecule has 6 heteroatoms. The summed E-state index contributed by atoms with van der Waals surface area (Å²) in [5, 5.41) is 6.21. The lowest BCUT2D eigenvalue weighted by Gasteiger charge is -2.22. The van der Waals surface area contributed by atoms with Gasteiger partial charge in [-0.15, -0.1) is 0 Å². The van der Waals surface area contributed by atoms with Crippen LogP contribution in [0.15, 0.2) is 48.5 Å². The third-order valence-corrected chi connectivity index (χ3v) is 8.37. The van der Waals surface area contributed by atoms with Crippen LogP contribution in [-0.4, -0.2) is 74.0 Å². The van der Waals surface area contributed by atoms with Crippen LogP contribution in [0.5, 0.6) is 0 Å². The van der Waals surface area contributed by atoms with Gasteiger partial charge in [-0.1, -0.05) is 103 Å². The summed E-state index contributed by atoms with van der Waals surface area (Å²) in [5.41, 5.74) is 3.40. The monoisotopic (exact) mass is 606 g/mol. The standard InChI is InChI=1S/C38H62N4O2/c1-5-9-13-15-29-41(27-11-7-3)31-25-39-37(43)35-21-17-33(18-22-35)34-19-23-36(24-20-34)38(44)40-26-32-42(28-12-8-4)30-16-14-10-6-2/h17-24H,5-16,25-32H2,1-4H3,(H,39,43)(H,40,44). The second-order valence-electron chi connectivity index (χ2n) is 12.2.